The molecule has 0 unspecified atom stereocenters. The highest BCUT2D eigenvalue weighted by Crippen LogP contribution is 2.26. The SMILES string of the molecule is CC1=NO[C@@](C)(C(=O)N2CCN(CC(=O)N3CCCCC3)CC2)C1. The van der Waals surface area contributed by atoms with Gasteiger partial charge in [-0.1, -0.05) is 5.16 Å². The molecule has 7 heteroatoms. The maximum absolute atomic E-state index is 12.7. The van der Waals surface area contributed by atoms with Crippen LogP contribution in [0.15, 0.2) is 5.16 Å². The highest BCUT2D eigenvalue weighted by atomic mass is 16.7. The van der Waals surface area contributed by atoms with E-state index in [1.54, 1.807) is 0 Å². The quantitative estimate of drug-likeness (QED) is 0.761. The second kappa shape index (κ2) is 7.09. The highest BCUT2D eigenvalue weighted by Gasteiger charge is 2.44. The third-order valence-electron chi connectivity index (χ3n) is 5.18. The minimum absolute atomic E-state index is 0.00473. The molecular weight excluding hydrogens is 308 g/mol. The number of nitrogens with zero attached hydrogens (tertiary/aromatic N) is 4. The fourth-order valence-electron chi connectivity index (χ4n) is 3.72. The van der Waals surface area contributed by atoms with Crippen LogP contribution in [0.1, 0.15) is 39.5 Å². The number of carbonyl (C=O) groups is 2. The Morgan fingerprint density at radius 3 is 2.29 bits per heavy atom. The van der Waals surface area contributed by atoms with Crippen molar-refractivity contribution in [2.45, 2.75) is 45.1 Å². The minimum Gasteiger partial charge on any atom is -0.379 e. The number of carbonyl (C=O) groups excluding carboxylic acids is 2. The Labute approximate surface area is 143 Å². The summed E-state index contributed by atoms with van der Waals surface area (Å²) in [4.78, 5) is 36.4. The molecule has 24 heavy (non-hydrogen) atoms. The van der Waals surface area contributed by atoms with Crippen molar-refractivity contribution >= 4 is 17.5 Å². The van der Waals surface area contributed by atoms with Gasteiger partial charge in [0, 0.05) is 45.7 Å². The summed E-state index contributed by atoms with van der Waals surface area (Å²) in [6.07, 6.45) is 4.02. The molecule has 7 nitrogen and oxygen atoms in total. The first kappa shape index (κ1) is 17.2. The largest absolute Gasteiger partial charge is 0.379 e. The van der Waals surface area contributed by atoms with Crippen molar-refractivity contribution in [2.24, 2.45) is 5.16 Å². The standard InChI is InChI=1S/C17H28N4O3/c1-14-12-17(2,24-18-14)16(23)21-10-8-19(9-11-21)13-15(22)20-6-4-3-5-7-20/h3-13H2,1-2H3/t17-/m1/s1. The maximum Gasteiger partial charge on any atom is 0.269 e. The van der Waals surface area contributed by atoms with E-state index in [1.807, 2.05) is 23.6 Å². The lowest BCUT2D eigenvalue weighted by atomic mass is 9.98. The van der Waals surface area contributed by atoms with Crippen LogP contribution in [0, 0.1) is 0 Å². The van der Waals surface area contributed by atoms with E-state index in [9.17, 15) is 9.59 Å². The molecule has 0 radical (unpaired) electrons. The number of amides is 2. The molecule has 0 spiro atoms. The van der Waals surface area contributed by atoms with Crippen LogP contribution < -0.4 is 0 Å². The van der Waals surface area contributed by atoms with E-state index in [0.717, 1.165) is 44.7 Å². The molecular formula is C17H28N4O3. The van der Waals surface area contributed by atoms with Gasteiger partial charge in [0.2, 0.25) is 11.5 Å². The van der Waals surface area contributed by atoms with E-state index in [4.69, 9.17) is 4.84 Å². The average Bonchev–Trinajstić information content (AvgIpc) is 2.96. The lowest BCUT2D eigenvalue weighted by Gasteiger charge is -2.38. The number of piperidine rings is 1. The second-order valence-electron chi connectivity index (χ2n) is 7.34. The van der Waals surface area contributed by atoms with Crippen LogP contribution in [-0.4, -0.2) is 83.6 Å². The molecule has 3 aliphatic heterocycles. The van der Waals surface area contributed by atoms with Gasteiger partial charge in [-0.15, -0.1) is 0 Å². The van der Waals surface area contributed by atoms with E-state index in [2.05, 4.69) is 10.1 Å². The van der Waals surface area contributed by atoms with Crippen LogP contribution in [0.5, 0.6) is 0 Å². The van der Waals surface area contributed by atoms with Crippen LogP contribution in [0.2, 0.25) is 0 Å². The average molecular weight is 336 g/mol. The Morgan fingerprint density at radius 1 is 1.04 bits per heavy atom. The van der Waals surface area contributed by atoms with Crippen molar-refractivity contribution in [1.82, 2.24) is 14.7 Å². The van der Waals surface area contributed by atoms with E-state index >= 15 is 0 Å². The summed E-state index contributed by atoms with van der Waals surface area (Å²) in [5.74, 6) is 0.231. The number of oxime groups is 1. The summed E-state index contributed by atoms with van der Waals surface area (Å²) in [5, 5.41) is 3.92. The molecule has 2 saturated heterocycles. The van der Waals surface area contributed by atoms with Gasteiger partial charge in [-0.2, -0.15) is 0 Å². The minimum atomic E-state index is -0.851. The fourth-order valence-corrected chi connectivity index (χ4v) is 3.72. The Morgan fingerprint density at radius 2 is 1.71 bits per heavy atom. The maximum atomic E-state index is 12.7. The zero-order chi connectivity index (χ0) is 17.2. The van der Waals surface area contributed by atoms with Gasteiger partial charge in [-0.25, -0.2) is 0 Å². The first-order valence-corrected chi connectivity index (χ1v) is 8.99. The second-order valence-corrected chi connectivity index (χ2v) is 7.34. The summed E-state index contributed by atoms with van der Waals surface area (Å²) >= 11 is 0. The zero-order valence-corrected chi connectivity index (χ0v) is 14.8. The summed E-state index contributed by atoms with van der Waals surface area (Å²) < 4.78 is 0. The Bertz CT molecular complexity index is 522. The number of hydrogen-bond donors (Lipinski definition) is 0. The molecule has 0 saturated carbocycles. The molecule has 0 aliphatic carbocycles. The predicted octanol–water partition coefficient (Wildman–Crippen LogP) is 0.698. The molecule has 3 aliphatic rings. The van der Waals surface area contributed by atoms with Gasteiger partial charge >= 0.3 is 0 Å². The van der Waals surface area contributed by atoms with Crippen LogP contribution in [-0.2, 0) is 14.4 Å². The molecule has 0 bridgehead atoms. The van der Waals surface area contributed by atoms with Gasteiger partial charge in [0.25, 0.3) is 5.91 Å². The molecule has 2 fully saturated rings. The Kier molecular flexibility index (Phi) is 5.08. The monoisotopic (exact) mass is 336 g/mol. The van der Waals surface area contributed by atoms with Crippen LogP contribution in [0.4, 0.5) is 0 Å². The van der Waals surface area contributed by atoms with Crippen LogP contribution >= 0.6 is 0 Å². The Balaban J connectivity index is 1.45. The van der Waals surface area contributed by atoms with Gasteiger partial charge in [-0.3, -0.25) is 14.5 Å². The molecule has 0 aromatic carbocycles. The van der Waals surface area contributed by atoms with Gasteiger partial charge in [0.15, 0.2) is 0 Å². The van der Waals surface area contributed by atoms with E-state index < -0.39 is 5.60 Å². The fraction of sp³-hybridized carbons (Fsp3) is 0.824. The number of rotatable bonds is 3. The van der Waals surface area contributed by atoms with E-state index in [0.29, 0.717) is 26.1 Å². The van der Waals surface area contributed by atoms with Crippen LogP contribution in [0.3, 0.4) is 0 Å². The molecule has 3 rings (SSSR count). The number of likely N-dealkylation sites (tertiary alicyclic amines) is 1. The molecule has 134 valence electrons. The summed E-state index contributed by atoms with van der Waals surface area (Å²) in [5.41, 5.74) is 0.00666. The number of piperazine rings is 1. The van der Waals surface area contributed by atoms with E-state index in [1.165, 1.54) is 6.42 Å². The molecule has 2 amide bonds. The van der Waals surface area contributed by atoms with Gasteiger partial charge < -0.3 is 14.6 Å². The van der Waals surface area contributed by atoms with Crippen LogP contribution in [0.25, 0.3) is 0 Å². The molecule has 1 atom stereocenters. The van der Waals surface area contributed by atoms with Crippen molar-refractivity contribution in [1.29, 1.82) is 0 Å². The molecule has 3 heterocycles. The normalized spacial score (nSPS) is 28.5. The first-order chi connectivity index (χ1) is 11.5. The third-order valence-corrected chi connectivity index (χ3v) is 5.18. The van der Waals surface area contributed by atoms with Gasteiger partial charge in [-0.05, 0) is 33.1 Å². The molecule has 0 aromatic heterocycles. The lowest BCUT2D eigenvalue weighted by Crippen LogP contribution is -2.56. The molecule has 0 N–H and O–H groups in total. The topological polar surface area (TPSA) is 65.5 Å². The smallest absolute Gasteiger partial charge is 0.269 e. The number of hydrogen-bond acceptors (Lipinski definition) is 5. The van der Waals surface area contributed by atoms with Gasteiger partial charge in [0.1, 0.15) is 0 Å². The summed E-state index contributed by atoms with van der Waals surface area (Å²) in [6, 6.07) is 0. The van der Waals surface area contributed by atoms with Crippen molar-refractivity contribution in [3.8, 4) is 0 Å². The zero-order valence-electron chi connectivity index (χ0n) is 14.8. The van der Waals surface area contributed by atoms with Crippen molar-refractivity contribution < 1.29 is 14.4 Å². The van der Waals surface area contributed by atoms with Crippen molar-refractivity contribution in [3.05, 3.63) is 0 Å². The summed E-state index contributed by atoms with van der Waals surface area (Å²) in [6.45, 7) is 8.71. The lowest BCUT2D eigenvalue weighted by molar-refractivity contribution is -0.155. The van der Waals surface area contributed by atoms with Crippen molar-refractivity contribution in [2.75, 3.05) is 45.8 Å². The van der Waals surface area contributed by atoms with Gasteiger partial charge in [0.05, 0.1) is 12.3 Å². The predicted molar refractivity (Wildman–Crippen MR) is 90.7 cm³/mol. The Hall–Kier alpha value is -1.63. The highest BCUT2D eigenvalue weighted by molar-refractivity contribution is 5.94. The molecule has 0 aromatic rings. The summed E-state index contributed by atoms with van der Waals surface area (Å²) in [7, 11) is 0. The van der Waals surface area contributed by atoms with E-state index in [-0.39, 0.29) is 11.8 Å². The third kappa shape index (κ3) is 3.71. The van der Waals surface area contributed by atoms with Crippen molar-refractivity contribution in [3.63, 3.8) is 0 Å². The first-order valence-electron chi connectivity index (χ1n) is 8.99.